The number of hydrogen-bond donors (Lipinski definition) is 2. The zero-order valence-electron chi connectivity index (χ0n) is 10.0. The lowest BCUT2D eigenvalue weighted by Gasteiger charge is -2.10. The molecule has 0 aliphatic carbocycles. The van der Waals surface area contributed by atoms with Crippen LogP contribution in [0.4, 0.5) is 10.1 Å². The Morgan fingerprint density at radius 1 is 1.44 bits per heavy atom. The fraction of sp³-hybridized carbons (Fsp3) is 0.364. The molecule has 0 fully saturated rings. The maximum Gasteiger partial charge on any atom is 0.338 e. The van der Waals surface area contributed by atoms with Crippen molar-refractivity contribution < 1.29 is 22.7 Å². The number of aromatic carboxylic acids is 1. The molecular weight excluding hydrogens is 261 g/mol. The first kappa shape index (κ1) is 14.4. The van der Waals surface area contributed by atoms with Gasteiger partial charge in [0.05, 0.1) is 11.3 Å². The molecule has 100 valence electrons. The van der Waals surface area contributed by atoms with Crippen LogP contribution in [0.2, 0.25) is 0 Å². The minimum atomic E-state index is -3.52. The second-order valence-electron chi connectivity index (χ2n) is 3.88. The zero-order valence-corrected chi connectivity index (χ0v) is 10.8. The molecule has 0 amide bonds. The van der Waals surface area contributed by atoms with Crippen LogP contribution < -0.4 is 4.72 Å². The average Bonchev–Trinajstić information content (AvgIpc) is 2.21. The van der Waals surface area contributed by atoms with E-state index in [1.807, 2.05) is 0 Å². The molecule has 0 aliphatic rings. The summed E-state index contributed by atoms with van der Waals surface area (Å²) in [7, 11) is -3.52. The highest BCUT2D eigenvalue weighted by atomic mass is 32.2. The van der Waals surface area contributed by atoms with Crippen LogP contribution in [0.5, 0.6) is 0 Å². The van der Waals surface area contributed by atoms with E-state index in [1.54, 1.807) is 6.92 Å². The van der Waals surface area contributed by atoms with E-state index < -0.39 is 27.4 Å². The van der Waals surface area contributed by atoms with Crippen LogP contribution in [0.25, 0.3) is 0 Å². The Bertz CT molecular complexity index is 569. The third kappa shape index (κ3) is 3.43. The van der Waals surface area contributed by atoms with E-state index in [0.29, 0.717) is 6.42 Å². The van der Waals surface area contributed by atoms with Crippen molar-refractivity contribution in [2.75, 3.05) is 10.5 Å². The molecule has 7 heteroatoms. The molecule has 1 rings (SSSR count). The molecular formula is C11H14FNO4S. The van der Waals surface area contributed by atoms with Gasteiger partial charge in [-0.3, -0.25) is 4.72 Å². The highest BCUT2D eigenvalue weighted by Crippen LogP contribution is 2.20. The molecule has 2 N–H and O–H groups in total. The Labute approximate surface area is 105 Å². The summed E-state index contributed by atoms with van der Waals surface area (Å²) in [5.41, 5.74) is -0.423. The zero-order chi connectivity index (χ0) is 13.9. The van der Waals surface area contributed by atoms with Crippen molar-refractivity contribution >= 4 is 21.7 Å². The van der Waals surface area contributed by atoms with Gasteiger partial charge in [-0.05, 0) is 31.0 Å². The van der Waals surface area contributed by atoms with Crippen molar-refractivity contribution in [3.05, 3.63) is 29.1 Å². The first-order valence-electron chi connectivity index (χ1n) is 5.30. The molecule has 5 nitrogen and oxygen atoms in total. The molecule has 18 heavy (non-hydrogen) atoms. The van der Waals surface area contributed by atoms with Gasteiger partial charge < -0.3 is 5.11 Å². The fourth-order valence-corrected chi connectivity index (χ4v) is 2.60. The highest BCUT2D eigenvalue weighted by Gasteiger charge is 2.16. The normalized spacial score (nSPS) is 11.3. The molecule has 0 heterocycles. The van der Waals surface area contributed by atoms with Crippen molar-refractivity contribution in [2.24, 2.45) is 0 Å². The van der Waals surface area contributed by atoms with Gasteiger partial charge in [0.15, 0.2) is 0 Å². The van der Waals surface area contributed by atoms with Crippen LogP contribution in [0, 0.1) is 12.7 Å². The van der Waals surface area contributed by atoms with E-state index in [-0.39, 0.29) is 17.0 Å². The largest absolute Gasteiger partial charge is 0.478 e. The second kappa shape index (κ2) is 5.34. The maximum atomic E-state index is 13.5. The van der Waals surface area contributed by atoms with Gasteiger partial charge in [0.25, 0.3) is 0 Å². The lowest BCUT2D eigenvalue weighted by molar-refractivity contribution is 0.0691. The topological polar surface area (TPSA) is 83.5 Å². The third-order valence-electron chi connectivity index (χ3n) is 2.23. The predicted molar refractivity (Wildman–Crippen MR) is 65.8 cm³/mol. The number of anilines is 1. The van der Waals surface area contributed by atoms with Crippen molar-refractivity contribution in [3.8, 4) is 0 Å². The van der Waals surface area contributed by atoms with Crippen LogP contribution in [-0.4, -0.2) is 25.2 Å². The first-order chi connectivity index (χ1) is 8.26. The number of rotatable bonds is 5. The Hall–Kier alpha value is -1.63. The van der Waals surface area contributed by atoms with Crippen LogP contribution in [0.15, 0.2) is 12.1 Å². The number of carbonyl (C=O) groups is 1. The van der Waals surface area contributed by atoms with Crippen LogP contribution >= 0.6 is 0 Å². The minimum absolute atomic E-state index is 0.0553. The van der Waals surface area contributed by atoms with Crippen molar-refractivity contribution in [1.82, 2.24) is 0 Å². The number of sulfonamides is 1. The number of aryl methyl sites for hydroxylation is 1. The van der Waals surface area contributed by atoms with E-state index in [2.05, 4.69) is 4.72 Å². The summed E-state index contributed by atoms with van der Waals surface area (Å²) >= 11 is 0. The molecule has 0 atom stereocenters. The first-order valence-corrected chi connectivity index (χ1v) is 6.96. The molecule has 0 saturated heterocycles. The van der Waals surface area contributed by atoms with E-state index in [4.69, 9.17) is 5.11 Å². The van der Waals surface area contributed by atoms with Gasteiger partial charge in [0.1, 0.15) is 5.82 Å². The summed E-state index contributed by atoms with van der Waals surface area (Å²) in [4.78, 5) is 10.8. The summed E-state index contributed by atoms with van der Waals surface area (Å²) in [6.45, 7) is 3.08. The molecule has 0 saturated carbocycles. The Morgan fingerprint density at radius 3 is 2.56 bits per heavy atom. The van der Waals surface area contributed by atoms with Gasteiger partial charge >= 0.3 is 5.97 Å². The summed E-state index contributed by atoms with van der Waals surface area (Å²) in [6, 6.07) is 2.23. The summed E-state index contributed by atoms with van der Waals surface area (Å²) in [5.74, 6) is -2.38. The van der Waals surface area contributed by atoms with Crippen molar-refractivity contribution in [2.45, 2.75) is 20.3 Å². The Balaban J connectivity index is 3.16. The molecule has 0 aliphatic heterocycles. The van der Waals surface area contributed by atoms with Gasteiger partial charge in [0.2, 0.25) is 10.0 Å². The number of carboxylic acids is 1. The van der Waals surface area contributed by atoms with E-state index in [0.717, 1.165) is 6.07 Å². The van der Waals surface area contributed by atoms with Gasteiger partial charge in [-0.15, -0.1) is 0 Å². The molecule has 0 spiro atoms. The standard InChI is InChI=1S/C11H14FNO4S/c1-3-4-18(16,17)13-8-5-7(2)10(12)9(6-8)11(14)15/h5-6,13H,3-4H2,1-2H3,(H,14,15). The molecule has 0 aromatic heterocycles. The Morgan fingerprint density at radius 2 is 2.06 bits per heavy atom. The van der Waals surface area contributed by atoms with Crippen LogP contribution in [0.1, 0.15) is 29.3 Å². The molecule has 1 aromatic rings. The summed E-state index contributed by atoms with van der Waals surface area (Å²) in [5, 5.41) is 8.80. The number of benzene rings is 1. The molecule has 0 radical (unpaired) electrons. The smallest absolute Gasteiger partial charge is 0.338 e. The number of halogens is 1. The molecule has 0 unspecified atom stereocenters. The second-order valence-corrected chi connectivity index (χ2v) is 5.72. The number of nitrogens with one attached hydrogen (secondary N) is 1. The van der Waals surface area contributed by atoms with Gasteiger partial charge in [-0.2, -0.15) is 0 Å². The van der Waals surface area contributed by atoms with Gasteiger partial charge in [-0.25, -0.2) is 17.6 Å². The van der Waals surface area contributed by atoms with Gasteiger partial charge in [-0.1, -0.05) is 6.92 Å². The predicted octanol–water partition coefficient (Wildman–Crippen LogP) is 1.98. The van der Waals surface area contributed by atoms with Gasteiger partial charge in [0, 0.05) is 5.69 Å². The molecule has 1 aromatic carbocycles. The summed E-state index contributed by atoms with van der Waals surface area (Å²) < 4.78 is 38.7. The highest BCUT2D eigenvalue weighted by molar-refractivity contribution is 7.92. The number of carboxylic acid groups (broad SMARTS) is 1. The molecule has 0 bridgehead atoms. The summed E-state index contributed by atoms with van der Waals surface area (Å²) in [6.07, 6.45) is 0.432. The van der Waals surface area contributed by atoms with E-state index >= 15 is 0 Å². The third-order valence-corrected chi connectivity index (χ3v) is 3.72. The van der Waals surface area contributed by atoms with Crippen LogP contribution in [0.3, 0.4) is 0 Å². The van der Waals surface area contributed by atoms with Crippen molar-refractivity contribution in [3.63, 3.8) is 0 Å². The van der Waals surface area contributed by atoms with Crippen molar-refractivity contribution in [1.29, 1.82) is 0 Å². The van der Waals surface area contributed by atoms with Crippen LogP contribution in [-0.2, 0) is 10.0 Å². The lowest BCUT2D eigenvalue weighted by Crippen LogP contribution is -2.17. The maximum absolute atomic E-state index is 13.5. The fourth-order valence-electron chi connectivity index (χ4n) is 1.48. The minimum Gasteiger partial charge on any atom is -0.478 e. The quantitative estimate of drug-likeness (QED) is 0.860. The van der Waals surface area contributed by atoms with E-state index in [9.17, 15) is 17.6 Å². The lowest BCUT2D eigenvalue weighted by atomic mass is 10.1. The number of hydrogen-bond acceptors (Lipinski definition) is 3. The SMILES string of the molecule is CCCS(=O)(=O)Nc1cc(C)c(F)c(C(=O)O)c1. The monoisotopic (exact) mass is 275 g/mol. The average molecular weight is 275 g/mol. The Kier molecular flexibility index (Phi) is 4.28. The van der Waals surface area contributed by atoms with E-state index in [1.165, 1.54) is 13.0 Å².